The van der Waals surface area contributed by atoms with Crippen LogP contribution >= 0.6 is 22.6 Å². The van der Waals surface area contributed by atoms with Gasteiger partial charge in [0.2, 0.25) is 5.91 Å². The van der Waals surface area contributed by atoms with Gasteiger partial charge in [0, 0.05) is 9.26 Å². The van der Waals surface area contributed by atoms with Gasteiger partial charge in [0.05, 0.1) is 17.4 Å². The Balaban J connectivity index is 1.84. The summed E-state index contributed by atoms with van der Waals surface area (Å²) in [6.45, 7) is 1.87. The highest BCUT2D eigenvalue weighted by molar-refractivity contribution is 14.1. The molecule has 1 heterocycles. The minimum absolute atomic E-state index is 0.0554. The predicted octanol–water partition coefficient (Wildman–Crippen LogP) is 3.84. The molecule has 1 aromatic heterocycles. The van der Waals surface area contributed by atoms with E-state index in [2.05, 4.69) is 32.9 Å². The third kappa shape index (κ3) is 2.92. The zero-order valence-electron chi connectivity index (χ0n) is 11.5. The summed E-state index contributed by atoms with van der Waals surface area (Å²) < 4.78 is 2.98. The third-order valence-corrected chi connectivity index (χ3v) is 4.04. The van der Waals surface area contributed by atoms with Gasteiger partial charge in [0.25, 0.3) is 0 Å². The lowest BCUT2D eigenvalue weighted by Crippen LogP contribution is -2.23. The number of rotatable bonds is 3. The van der Waals surface area contributed by atoms with Crippen LogP contribution in [0.1, 0.15) is 13.0 Å². The highest BCUT2D eigenvalue weighted by atomic mass is 127. The number of carbonyl (C=O) groups excluding carboxylic acids is 1. The van der Waals surface area contributed by atoms with Crippen molar-refractivity contribution in [1.82, 2.24) is 9.55 Å². The molecule has 1 N–H and O–H groups in total. The van der Waals surface area contributed by atoms with E-state index in [1.807, 2.05) is 60.0 Å². The Hall–Kier alpha value is -1.89. The van der Waals surface area contributed by atoms with E-state index in [9.17, 15) is 4.79 Å². The van der Waals surface area contributed by atoms with Gasteiger partial charge in [-0.1, -0.05) is 18.2 Å². The number of halogens is 1. The van der Waals surface area contributed by atoms with Crippen LogP contribution in [0.5, 0.6) is 0 Å². The maximum Gasteiger partial charge on any atom is 0.247 e. The second-order valence-electron chi connectivity index (χ2n) is 4.82. The van der Waals surface area contributed by atoms with Crippen molar-refractivity contribution in [2.45, 2.75) is 13.0 Å². The first kappa shape index (κ1) is 14.1. The highest BCUT2D eigenvalue weighted by Crippen LogP contribution is 2.19. The summed E-state index contributed by atoms with van der Waals surface area (Å²) in [6, 6.07) is 15.2. The third-order valence-electron chi connectivity index (χ3n) is 3.37. The van der Waals surface area contributed by atoms with Crippen LogP contribution in [0, 0.1) is 3.57 Å². The lowest BCUT2D eigenvalue weighted by molar-refractivity contribution is -0.118. The molecule has 0 bridgehead atoms. The molecule has 0 aliphatic carbocycles. The standard InChI is InChI=1S/C16H14IN3O/c1-11(16(21)19-13-6-4-5-12(17)9-13)20-10-18-14-7-2-3-8-15(14)20/h2-11H,1H3,(H,19,21). The lowest BCUT2D eigenvalue weighted by Gasteiger charge is -2.14. The molecule has 4 nitrogen and oxygen atoms in total. The molecule has 1 unspecified atom stereocenters. The number of imidazole rings is 1. The fourth-order valence-corrected chi connectivity index (χ4v) is 2.77. The van der Waals surface area contributed by atoms with Crippen molar-refractivity contribution in [3.05, 3.63) is 58.4 Å². The first-order valence-corrected chi connectivity index (χ1v) is 7.71. The SMILES string of the molecule is CC(C(=O)Nc1cccc(I)c1)n1cnc2ccccc21. The van der Waals surface area contributed by atoms with E-state index in [1.54, 1.807) is 6.33 Å². The average molecular weight is 391 g/mol. The first-order valence-electron chi connectivity index (χ1n) is 6.63. The number of benzene rings is 2. The second-order valence-corrected chi connectivity index (χ2v) is 6.06. The van der Waals surface area contributed by atoms with Crippen molar-refractivity contribution in [2.75, 3.05) is 5.32 Å². The van der Waals surface area contributed by atoms with Gasteiger partial charge in [-0.05, 0) is 59.8 Å². The number of hydrogen-bond donors (Lipinski definition) is 1. The summed E-state index contributed by atoms with van der Waals surface area (Å²) in [6.07, 6.45) is 1.71. The topological polar surface area (TPSA) is 46.9 Å². The number of nitrogens with zero attached hydrogens (tertiary/aromatic N) is 2. The fourth-order valence-electron chi connectivity index (χ4n) is 2.23. The van der Waals surface area contributed by atoms with Crippen molar-refractivity contribution >= 4 is 45.2 Å². The van der Waals surface area contributed by atoms with Crippen LogP contribution in [0.25, 0.3) is 11.0 Å². The van der Waals surface area contributed by atoms with E-state index in [0.717, 1.165) is 20.3 Å². The molecule has 0 saturated heterocycles. The summed E-state index contributed by atoms with van der Waals surface area (Å²) >= 11 is 2.23. The van der Waals surface area contributed by atoms with Crippen molar-refractivity contribution in [3.63, 3.8) is 0 Å². The largest absolute Gasteiger partial charge is 0.324 e. The zero-order chi connectivity index (χ0) is 14.8. The maximum atomic E-state index is 12.4. The number of nitrogens with one attached hydrogen (secondary N) is 1. The number of amides is 1. The van der Waals surface area contributed by atoms with Crippen LogP contribution in [0.15, 0.2) is 54.9 Å². The average Bonchev–Trinajstić information content (AvgIpc) is 2.90. The molecule has 0 fully saturated rings. The fraction of sp³-hybridized carbons (Fsp3) is 0.125. The molecule has 1 amide bonds. The number of carbonyl (C=O) groups is 1. The number of para-hydroxylation sites is 2. The van der Waals surface area contributed by atoms with Crippen LogP contribution in [-0.4, -0.2) is 15.5 Å². The molecule has 0 aliphatic heterocycles. The van der Waals surface area contributed by atoms with E-state index >= 15 is 0 Å². The van der Waals surface area contributed by atoms with E-state index in [-0.39, 0.29) is 11.9 Å². The highest BCUT2D eigenvalue weighted by Gasteiger charge is 2.17. The molecule has 0 radical (unpaired) electrons. The van der Waals surface area contributed by atoms with Crippen molar-refractivity contribution in [2.24, 2.45) is 0 Å². The van der Waals surface area contributed by atoms with Crippen LogP contribution in [0.2, 0.25) is 0 Å². The van der Waals surface area contributed by atoms with E-state index < -0.39 is 0 Å². The van der Waals surface area contributed by atoms with Crippen molar-refractivity contribution in [3.8, 4) is 0 Å². The Bertz CT molecular complexity index is 797. The van der Waals surface area contributed by atoms with Crippen molar-refractivity contribution in [1.29, 1.82) is 0 Å². The molecule has 5 heteroatoms. The molecular weight excluding hydrogens is 377 g/mol. The number of fused-ring (bicyclic) bond motifs is 1. The molecule has 21 heavy (non-hydrogen) atoms. The normalized spacial score (nSPS) is 12.3. The first-order chi connectivity index (χ1) is 10.1. The molecule has 2 aromatic carbocycles. The number of aromatic nitrogens is 2. The van der Waals surface area contributed by atoms with Crippen LogP contribution in [-0.2, 0) is 4.79 Å². The molecule has 3 aromatic rings. The molecular formula is C16H14IN3O. The quantitative estimate of drug-likeness (QED) is 0.690. The summed E-state index contributed by atoms with van der Waals surface area (Å²) in [4.78, 5) is 16.7. The Labute approximate surface area is 136 Å². The minimum Gasteiger partial charge on any atom is -0.324 e. The summed E-state index contributed by atoms with van der Waals surface area (Å²) in [5.41, 5.74) is 2.66. The van der Waals surface area contributed by atoms with E-state index in [1.165, 1.54) is 0 Å². The van der Waals surface area contributed by atoms with Crippen LogP contribution < -0.4 is 5.32 Å². The van der Waals surface area contributed by atoms with Crippen LogP contribution in [0.3, 0.4) is 0 Å². The molecule has 0 saturated carbocycles. The van der Waals surface area contributed by atoms with E-state index in [0.29, 0.717) is 0 Å². The summed E-state index contributed by atoms with van der Waals surface area (Å²) in [5, 5.41) is 2.94. The Morgan fingerprint density at radius 2 is 2.05 bits per heavy atom. The van der Waals surface area contributed by atoms with E-state index in [4.69, 9.17) is 0 Å². The van der Waals surface area contributed by atoms with Crippen LogP contribution in [0.4, 0.5) is 5.69 Å². The maximum absolute atomic E-state index is 12.4. The minimum atomic E-state index is -0.324. The molecule has 3 rings (SSSR count). The van der Waals surface area contributed by atoms with Gasteiger partial charge in [-0.15, -0.1) is 0 Å². The van der Waals surface area contributed by atoms with Crippen molar-refractivity contribution < 1.29 is 4.79 Å². The number of anilines is 1. The molecule has 106 valence electrons. The monoisotopic (exact) mass is 391 g/mol. The van der Waals surface area contributed by atoms with Gasteiger partial charge >= 0.3 is 0 Å². The summed E-state index contributed by atoms with van der Waals surface area (Å²) in [7, 11) is 0. The molecule has 0 spiro atoms. The van der Waals surface area contributed by atoms with Gasteiger partial charge in [-0.2, -0.15) is 0 Å². The zero-order valence-corrected chi connectivity index (χ0v) is 13.6. The lowest BCUT2D eigenvalue weighted by atomic mass is 10.2. The molecule has 0 aliphatic rings. The Kier molecular flexibility index (Phi) is 3.92. The van der Waals surface area contributed by atoms with Gasteiger partial charge in [0.15, 0.2) is 0 Å². The van der Waals surface area contributed by atoms with Gasteiger partial charge < -0.3 is 9.88 Å². The summed E-state index contributed by atoms with van der Waals surface area (Å²) in [5.74, 6) is -0.0554. The predicted molar refractivity (Wildman–Crippen MR) is 92.2 cm³/mol. The van der Waals surface area contributed by atoms with Gasteiger partial charge in [-0.25, -0.2) is 4.98 Å². The molecule has 1 atom stereocenters. The van der Waals surface area contributed by atoms with Gasteiger partial charge in [-0.3, -0.25) is 4.79 Å². The Morgan fingerprint density at radius 3 is 2.86 bits per heavy atom. The number of hydrogen-bond acceptors (Lipinski definition) is 2. The second kappa shape index (κ2) is 5.85. The van der Waals surface area contributed by atoms with Gasteiger partial charge in [0.1, 0.15) is 6.04 Å². The smallest absolute Gasteiger partial charge is 0.247 e. The Morgan fingerprint density at radius 1 is 1.24 bits per heavy atom.